The number of piperazine rings is 1. The number of nitrogens with one attached hydrogen (secondary N) is 1. The minimum absolute atomic E-state index is 0.0746. The second-order valence-corrected chi connectivity index (χ2v) is 6.73. The highest BCUT2D eigenvalue weighted by molar-refractivity contribution is 5.80. The number of carbonyl (C=O) groups excluding carboxylic acids is 3. The Balaban J connectivity index is 1.69. The molecule has 0 aromatic heterocycles. The third-order valence-corrected chi connectivity index (χ3v) is 4.94. The molecule has 2 heterocycles. The molecule has 0 spiro atoms. The van der Waals surface area contributed by atoms with E-state index in [4.69, 9.17) is 0 Å². The fraction of sp³-hybridized carbons (Fsp3) is 0.824. The molecule has 136 valence electrons. The van der Waals surface area contributed by atoms with Crippen molar-refractivity contribution in [2.45, 2.75) is 33.1 Å². The minimum Gasteiger partial charge on any atom is -0.356 e. The zero-order chi connectivity index (χ0) is 17.5. The molecule has 2 aliphatic heterocycles. The molecule has 0 bridgehead atoms. The predicted molar refractivity (Wildman–Crippen MR) is 91.3 cm³/mol. The first-order valence-corrected chi connectivity index (χ1v) is 9.04. The number of hydrogen-bond donors (Lipinski definition) is 1. The van der Waals surface area contributed by atoms with Gasteiger partial charge in [0.1, 0.15) is 0 Å². The van der Waals surface area contributed by atoms with E-state index in [2.05, 4.69) is 10.2 Å². The van der Waals surface area contributed by atoms with E-state index in [-0.39, 0.29) is 23.6 Å². The fourth-order valence-corrected chi connectivity index (χ4v) is 3.31. The molecule has 24 heavy (non-hydrogen) atoms. The Morgan fingerprint density at radius 2 is 1.54 bits per heavy atom. The Kier molecular flexibility index (Phi) is 7.02. The first-order valence-electron chi connectivity index (χ1n) is 9.04. The summed E-state index contributed by atoms with van der Waals surface area (Å²) in [7, 11) is 0. The van der Waals surface area contributed by atoms with E-state index in [1.807, 2.05) is 11.8 Å². The molecule has 7 heteroatoms. The Morgan fingerprint density at radius 3 is 2.08 bits per heavy atom. The Bertz CT molecular complexity index is 453. The van der Waals surface area contributed by atoms with E-state index >= 15 is 0 Å². The van der Waals surface area contributed by atoms with Crippen molar-refractivity contribution in [1.29, 1.82) is 0 Å². The van der Waals surface area contributed by atoms with Gasteiger partial charge in [-0.25, -0.2) is 0 Å². The summed E-state index contributed by atoms with van der Waals surface area (Å²) in [6.45, 7) is 8.85. The van der Waals surface area contributed by atoms with Crippen LogP contribution in [0.25, 0.3) is 0 Å². The lowest BCUT2D eigenvalue weighted by molar-refractivity contribution is -0.139. The maximum Gasteiger partial charge on any atom is 0.236 e. The summed E-state index contributed by atoms with van der Waals surface area (Å²) in [5, 5.41) is 2.96. The van der Waals surface area contributed by atoms with E-state index in [1.165, 1.54) is 0 Å². The molecule has 3 amide bonds. The van der Waals surface area contributed by atoms with E-state index in [9.17, 15) is 14.4 Å². The number of piperidine rings is 1. The Hall–Kier alpha value is -1.63. The van der Waals surface area contributed by atoms with E-state index in [0.29, 0.717) is 32.7 Å². The zero-order valence-corrected chi connectivity index (χ0v) is 14.9. The van der Waals surface area contributed by atoms with Crippen molar-refractivity contribution in [2.75, 3.05) is 52.4 Å². The SMILES string of the molecule is CCCNC(=O)C1CCN(CC(=O)N2CCN(C(C)=O)CC2)CC1. The minimum atomic E-state index is 0.0746. The van der Waals surface area contributed by atoms with Gasteiger partial charge in [-0.15, -0.1) is 0 Å². The van der Waals surface area contributed by atoms with Gasteiger partial charge in [0.2, 0.25) is 17.7 Å². The van der Waals surface area contributed by atoms with Gasteiger partial charge in [0.25, 0.3) is 0 Å². The van der Waals surface area contributed by atoms with Crippen LogP contribution in [-0.2, 0) is 14.4 Å². The average Bonchev–Trinajstić information content (AvgIpc) is 2.60. The molecule has 0 atom stereocenters. The van der Waals surface area contributed by atoms with Crippen LogP contribution in [0.15, 0.2) is 0 Å². The number of nitrogens with zero attached hydrogens (tertiary/aromatic N) is 3. The molecule has 2 rings (SSSR count). The van der Waals surface area contributed by atoms with Crippen molar-refractivity contribution in [3.63, 3.8) is 0 Å². The highest BCUT2D eigenvalue weighted by atomic mass is 16.2. The van der Waals surface area contributed by atoms with Crippen molar-refractivity contribution >= 4 is 17.7 Å². The van der Waals surface area contributed by atoms with E-state index in [0.717, 1.165) is 38.9 Å². The first-order chi connectivity index (χ1) is 11.5. The molecule has 0 unspecified atom stereocenters. The van der Waals surface area contributed by atoms with Gasteiger partial charge in [-0.2, -0.15) is 0 Å². The highest BCUT2D eigenvalue weighted by Crippen LogP contribution is 2.17. The van der Waals surface area contributed by atoms with Crippen LogP contribution in [0.3, 0.4) is 0 Å². The summed E-state index contributed by atoms with van der Waals surface area (Å²) in [5.74, 6) is 0.447. The summed E-state index contributed by atoms with van der Waals surface area (Å²) in [6.07, 6.45) is 2.60. The Labute approximate surface area is 144 Å². The van der Waals surface area contributed by atoms with Gasteiger partial charge < -0.3 is 15.1 Å². The molecule has 7 nitrogen and oxygen atoms in total. The highest BCUT2D eigenvalue weighted by Gasteiger charge is 2.28. The molecule has 1 N–H and O–H groups in total. The van der Waals surface area contributed by atoms with Gasteiger partial charge in [-0.3, -0.25) is 19.3 Å². The predicted octanol–water partition coefficient (Wildman–Crippen LogP) is -0.0847. The number of rotatable bonds is 5. The summed E-state index contributed by atoms with van der Waals surface area (Å²) in [6, 6.07) is 0. The van der Waals surface area contributed by atoms with Crippen LogP contribution in [0.1, 0.15) is 33.1 Å². The van der Waals surface area contributed by atoms with Crippen molar-refractivity contribution < 1.29 is 14.4 Å². The van der Waals surface area contributed by atoms with Crippen molar-refractivity contribution in [2.24, 2.45) is 5.92 Å². The molecule has 0 saturated carbocycles. The largest absolute Gasteiger partial charge is 0.356 e. The van der Waals surface area contributed by atoms with Gasteiger partial charge in [0.15, 0.2) is 0 Å². The van der Waals surface area contributed by atoms with Crippen LogP contribution < -0.4 is 5.32 Å². The third kappa shape index (κ3) is 5.19. The molecule has 2 aliphatic rings. The van der Waals surface area contributed by atoms with Gasteiger partial charge in [-0.1, -0.05) is 6.92 Å². The van der Waals surface area contributed by atoms with Gasteiger partial charge in [-0.05, 0) is 32.4 Å². The zero-order valence-electron chi connectivity index (χ0n) is 14.9. The summed E-state index contributed by atoms with van der Waals surface area (Å²) < 4.78 is 0. The molecule has 0 radical (unpaired) electrons. The summed E-state index contributed by atoms with van der Waals surface area (Å²) >= 11 is 0. The first kappa shape index (κ1) is 18.7. The van der Waals surface area contributed by atoms with Crippen LogP contribution in [0.5, 0.6) is 0 Å². The van der Waals surface area contributed by atoms with Gasteiger partial charge in [0, 0.05) is 45.6 Å². The molecule has 2 saturated heterocycles. The third-order valence-electron chi connectivity index (χ3n) is 4.94. The number of amides is 3. The second kappa shape index (κ2) is 9.01. The lowest BCUT2D eigenvalue weighted by atomic mass is 9.96. The van der Waals surface area contributed by atoms with Gasteiger partial charge >= 0.3 is 0 Å². The smallest absolute Gasteiger partial charge is 0.236 e. The molecule has 0 aromatic carbocycles. The Morgan fingerprint density at radius 1 is 0.958 bits per heavy atom. The molecule has 2 fully saturated rings. The summed E-state index contributed by atoms with van der Waals surface area (Å²) in [5.41, 5.74) is 0. The normalized spacial score (nSPS) is 20.1. The molecular formula is C17H30N4O3. The molecule has 0 aromatic rings. The lowest BCUT2D eigenvalue weighted by Gasteiger charge is -2.36. The van der Waals surface area contributed by atoms with Crippen molar-refractivity contribution in [3.8, 4) is 0 Å². The lowest BCUT2D eigenvalue weighted by Crippen LogP contribution is -2.53. The average molecular weight is 338 g/mol. The quantitative estimate of drug-likeness (QED) is 0.761. The van der Waals surface area contributed by atoms with E-state index < -0.39 is 0 Å². The van der Waals surface area contributed by atoms with Crippen LogP contribution in [0, 0.1) is 5.92 Å². The maximum atomic E-state index is 12.4. The van der Waals surface area contributed by atoms with Crippen LogP contribution in [0.2, 0.25) is 0 Å². The van der Waals surface area contributed by atoms with Crippen LogP contribution >= 0.6 is 0 Å². The maximum absolute atomic E-state index is 12.4. The van der Waals surface area contributed by atoms with Crippen molar-refractivity contribution in [1.82, 2.24) is 20.0 Å². The molecule has 0 aliphatic carbocycles. The number of carbonyl (C=O) groups is 3. The number of hydrogen-bond acceptors (Lipinski definition) is 4. The molecular weight excluding hydrogens is 308 g/mol. The fourth-order valence-electron chi connectivity index (χ4n) is 3.31. The van der Waals surface area contributed by atoms with Crippen LogP contribution in [0.4, 0.5) is 0 Å². The van der Waals surface area contributed by atoms with Crippen molar-refractivity contribution in [3.05, 3.63) is 0 Å². The van der Waals surface area contributed by atoms with Crippen LogP contribution in [-0.4, -0.2) is 84.8 Å². The monoisotopic (exact) mass is 338 g/mol. The van der Waals surface area contributed by atoms with E-state index in [1.54, 1.807) is 11.8 Å². The number of likely N-dealkylation sites (tertiary alicyclic amines) is 1. The standard InChI is InChI=1S/C17H30N4O3/c1-3-6-18-17(24)15-4-7-19(8-5-15)13-16(23)21-11-9-20(10-12-21)14(2)22/h15H,3-13H2,1-2H3,(H,18,24). The summed E-state index contributed by atoms with van der Waals surface area (Å²) in [4.78, 5) is 41.5. The second-order valence-electron chi connectivity index (χ2n) is 6.73. The van der Waals surface area contributed by atoms with Gasteiger partial charge in [0.05, 0.1) is 6.54 Å². The topological polar surface area (TPSA) is 73.0 Å².